The van der Waals surface area contributed by atoms with Crippen LogP contribution in [0.25, 0.3) is 11.0 Å². The molecule has 1 unspecified atom stereocenters. The first-order valence-corrected chi connectivity index (χ1v) is 10.1. The number of allylic oxidation sites excluding steroid dienone is 4. The van der Waals surface area contributed by atoms with E-state index in [4.69, 9.17) is 4.42 Å². The number of carbonyl (C=O) groups is 1. The molecule has 3 rings (SSSR count). The number of rotatable bonds is 5. The molecule has 162 valence electrons. The van der Waals surface area contributed by atoms with Crippen LogP contribution >= 0.6 is 0 Å². The SMILES string of the molecule is CC1=C(C#N)C(c2cc(F)c(F)c3c(=O)cc(C)oc23)C(C(=O)CCC(C)C)=C(C)N1. The Morgan fingerprint density at radius 3 is 2.52 bits per heavy atom. The van der Waals surface area contributed by atoms with Crippen LogP contribution in [0.2, 0.25) is 0 Å². The number of hydrogen-bond acceptors (Lipinski definition) is 5. The monoisotopic (exact) mass is 426 g/mol. The second kappa shape index (κ2) is 8.46. The minimum Gasteiger partial charge on any atom is -0.461 e. The molecule has 0 radical (unpaired) electrons. The molecule has 31 heavy (non-hydrogen) atoms. The second-order valence-corrected chi connectivity index (χ2v) is 8.29. The topological polar surface area (TPSA) is 83.1 Å². The number of dihydropyridines is 1. The van der Waals surface area contributed by atoms with Crippen molar-refractivity contribution in [3.05, 3.63) is 67.9 Å². The Kier molecular flexibility index (Phi) is 6.12. The minimum absolute atomic E-state index is 0.0827. The van der Waals surface area contributed by atoms with Gasteiger partial charge in [0.1, 0.15) is 16.7 Å². The third-order valence-corrected chi connectivity index (χ3v) is 5.49. The summed E-state index contributed by atoms with van der Waals surface area (Å²) in [6, 6.07) is 4.10. The molecule has 1 aromatic heterocycles. The van der Waals surface area contributed by atoms with E-state index in [1.807, 2.05) is 13.8 Å². The summed E-state index contributed by atoms with van der Waals surface area (Å²) in [7, 11) is 0. The number of fused-ring (bicyclic) bond motifs is 1. The van der Waals surface area contributed by atoms with Crippen molar-refractivity contribution < 1.29 is 18.0 Å². The maximum absolute atomic E-state index is 14.6. The molecule has 0 bridgehead atoms. The maximum atomic E-state index is 14.6. The van der Waals surface area contributed by atoms with Crippen molar-refractivity contribution in [2.24, 2.45) is 5.92 Å². The Morgan fingerprint density at radius 1 is 1.23 bits per heavy atom. The lowest BCUT2D eigenvalue weighted by atomic mass is 9.77. The van der Waals surface area contributed by atoms with Crippen molar-refractivity contribution in [1.29, 1.82) is 5.26 Å². The van der Waals surface area contributed by atoms with Gasteiger partial charge in [0.05, 0.1) is 17.6 Å². The smallest absolute Gasteiger partial charge is 0.196 e. The van der Waals surface area contributed by atoms with Crippen LogP contribution in [0.15, 0.2) is 43.9 Å². The zero-order valence-electron chi connectivity index (χ0n) is 18.2. The van der Waals surface area contributed by atoms with Crippen LogP contribution in [0.5, 0.6) is 0 Å². The van der Waals surface area contributed by atoms with Gasteiger partial charge in [-0.1, -0.05) is 13.8 Å². The number of hydrogen-bond donors (Lipinski definition) is 1. The number of nitriles is 1. The van der Waals surface area contributed by atoms with Gasteiger partial charge in [0.15, 0.2) is 22.8 Å². The first kappa shape index (κ1) is 22.4. The van der Waals surface area contributed by atoms with E-state index in [2.05, 4.69) is 11.4 Å². The lowest BCUT2D eigenvalue weighted by molar-refractivity contribution is -0.116. The molecule has 0 fully saturated rings. The van der Waals surface area contributed by atoms with E-state index in [0.29, 0.717) is 23.4 Å². The van der Waals surface area contributed by atoms with Crippen molar-refractivity contribution in [1.82, 2.24) is 5.32 Å². The first-order chi connectivity index (χ1) is 14.6. The van der Waals surface area contributed by atoms with E-state index in [9.17, 15) is 23.6 Å². The summed E-state index contributed by atoms with van der Waals surface area (Å²) in [6.45, 7) is 8.90. The number of nitrogens with one attached hydrogen (secondary N) is 1. The van der Waals surface area contributed by atoms with Crippen molar-refractivity contribution in [3.63, 3.8) is 0 Å². The third-order valence-electron chi connectivity index (χ3n) is 5.49. The van der Waals surface area contributed by atoms with Gasteiger partial charge in [-0.2, -0.15) is 5.26 Å². The van der Waals surface area contributed by atoms with Gasteiger partial charge in [-0.05, 0) is 39.2 Å². The maximum Gasteiger partial charge on any atom is 0.196 e. The van der Waals surface area contributed by atoms with Crippen LogP contribution < -0.4 is 10.7 Å². The van der Waals surface area contributed by atoms with E-state index in [-0.39, 0.29) is 40.6 Å². The summed E-state index contributed by atoms with van der Waals surface area (Å²) in [5.74, 6) is -3.22. The fraction of sp³-hybridized carbons (Fsp3) is 0.375. The average Bonchev–Trinajstić information content (AvgIpc) is 2.67. The summed E-state index contributed by atoms with van der Waals surface area (Å²) in [5.41, 5.74) is 0.715. The molecule has 0 spiro atoms. The molecular formula is C24H24F2N2O3. The van der Waals surface area contributed by atoms with Crippen LogP contribution in [-0.2, 0) is 4.79 Å². The zero-order chi connectivity index (χ0) is 23.0. The number of benzene rings is 1. The number of nitrogens with zero attached hydrogens (tertiary/aromatic N) is 1. The largest absolute Gasteiger partial charge is 0.461 e. The lowest BCUT2D eigenvalue weighted by Crippen LogP contribution is -2.28. The average molecular weight is 426 g/mol. The summed E-state index contributed by atoms with van der Waals surface area (Å²) >= 11 is 0. The molecule has 7 heteroatoms. The normalized spacial score (nSPS) is 16.7. The van der Waals surface area contributed by atoms with Gasteiger partial charge in [-0.15, -0.1) is 0 Å². The number of halogens is 2. The standard InChI is InChI=1S/C24H24F2N2O3/c1-11(2)6-7-18(29)20-14(5)28-13(4)16(10-27)21(20)15-9-17(25)23(26)22-19(30)8-12(3)31-24(15)22/h8-9,11,21,28H,6-7H2,1-5H3. The lowest BCUT2D eigenvalue weighted by Gasteiger charge is -2.29. The molecule has 0 amide bonds. The summed E-state index contributed by atoms with van der Waals surface area (Å²) in [4.78, 5) is 25.6. The Labute approximate surface area is 179 Å². The molecule has 0 saturated heterocycles. The quantitative estimate of drug-likeness (QED) is 0.715. The van der Waals surface area contributed by atoms with Crippen LogP contribution in [0.4, 0.5) is 8.78 Å². The molecule has 1 aliphatic rings. The van der Waals surface area contributed by atoms with E-state index in [0.717, 1.165) is 12.1 Å². The minimum atomic E-state index is -1.31. The third kappa shape index (κ3) is 4.02. The van der Waals surface area contributed by atoms with Crippen molar-refractivity contribution in [3.8, 4) is 6.07 Å². The van der Waals surface area contributed by atoms with Gasteiger partial charge in [-0.3, -0.25) is 9.59 Å². The second-order valence-electron chi connectivity index (χ2n) is 8.29. The highest BCUT2D eigenvalue weighted by Crippen LogP contribution is 2.42. The van der Waals surface area contributed by atoms with Gasteiger partial charge < -0.3 is 9.73 Å². The highest BCUT2D eigenvalue weighted by molar-refractivity contribution is 6.00. The summed E-state index contributed by atoms with van der Waals surface area (Å²) in [6.07, 6.45) is 0.879. The Balaban J connectivity index is 2.36. The van der Waals surface area contributed by atoms with Crippen LogP contribution in [0, 0.1) is 35.8 Å². The van der Waals surface area contributed by atoms with Crippen molar-refractivity contribution in [2.45, 2.75) is 53.4 Å². The van der Waals surface area contributed by atoms with Crippen LogP contribution in [-0.4, -0.2) is 5.78 Å². The Bertz CT molecular complexity index is 1250. The van der Waals surface area contributed by atoms with Gasteiger partial charge in [0.2, 0.25) is 0 Å². The van der Waals surface area contributed by atoms with Crippen LogP contribution in [0.3, 0.4) is 0 Å². The van der Waals surface area contributed by atoms with E-state index in [1.165, 1.54) is 6.92 Å². The van der Waals surface area contributed by atoms with Crippen molar-refractivity contribution >= 4 is 16.8 Å². The number of ketones is 1. The van der Waals surface area contributed by atoms with Crippen molar-refractivity contribution in [2.75, 3.05) is 0 Å². The number of aryl methyl sites for hydroxylation is 1. The Morgan fingerprint density at radius 2 is 1.90 bits per heavy atom. The van der Waals surface area contributed by atoms with E-state index < -0.39 is 28.4 Å². The van der Waals surface area contributed by atoms with Gasteiger partial charge in [0.25, 0.3) is 0 Å². The van der Waals surface area contributed by atoms with Crippen LogP contribution in [0.1, 0.15) is 57.8 Å². The van der Waals surface area contributed by atoms with Gasteiger partial charge in [-0.25, -0.2) is 8.78 Å². The molecule has 1 atom stereocenters. The molecular weight excluding hydrogens is 402 g/mol. The predicted octanol–water partition coefficient (Wildman–Crippen LogP) is 5.14. The highest BCUT2D eigenvalue weighted by atomic mass is 19.2. The van der Waals surface area contributed by atoms with Gasteiger partial charge >= 0.3 is 0 Å². The predicted molar refractivity (Wildman–Crippen MR) is 113 cm³/mol. The van der Waals surface area contributed by atoms with E-state index in [1.54, 1.807) is 13.8 Å². The molecule has 0 saturated carbocycles. The number of Topliss-reactive ketones (excluding diaryl/α,β-unsaturated/α-hetero) is 1. The summed E-state index contributed by atoms with van der Waals surface area (Å²) < 4.78 is 34.8. The molecule has 2 heterocycles. The highest BCUT2D eigenvalue weighted by Gasteiger charge is 2.36. The zero-order valence-corrected chi connectivity index (χ0v) is 18.2. The number of carbonyl (C=O) groups excluding carboxylic acids is 1. The fourth-order valence-corrected chi connectivity index (χ4v) is 4.00. The molecule has 1 aliphatic heterocycles. The Hall–Kier alpha value is -3.27. The molecule has 1 N–H and O–H groups in total. The first-order valence-electron chi connectivity index (χ1n) is 10.1. The molecule has 0 aliphatic carbocycles. The molecule has 2 aromatic rings. The van der Waals surface area contributed by atoms with Gasteiger partial charge in [0, 0.05) is 35.0 Å². The molecule has 5 nitrogen and oxygen atoms in total. The molecule has 1 aromatic carbocycles. The fourth-order valence-electron chi connectivity index (χ4n) is 4.00. The van der Waals surface area contributed by atoms with E-state index >= 15 is 0 Å². The summed E-state index contributed by atoms with van der Waals surface area (Å²) in [5, 5.41) is 12.4.